The smallest absolute Gasteiger partial charge is 0.397 e. The van der Waals surface area contributed by atoms with E-state index in [0.717, 1.165) is 12.1 Å². The number of nitrogen functional groups attached to an aromatic ring is 1. The number of fused-ring (bicyclic) bond motifs is 1. The first-order chi connectivity index (χ1) is 18.9. The first-order valence-corrected chi connectivity index (χ1v) is 13.0. The van der Waals surface area contributed by atoms with Crippen LogP contribution in [0.4, 0.5) is 29.3 Å². The topological polar surface area (TPSA) is 151 Å². The molecule has 0 saturated carbocycles. The third kappa shape index (κ3) is 6.58. The number of carbonyl (C=O) groups is 1. The van der Waals surface area contributed by atoms with E-state index in [9.17, 15) is 28.2 Å². The second-order valence-electron chi connectivity index (χ2n) is 9.79. The largest absolute Gasteiger partial charge is 0.417 e. The molecule has 11 nitrogen and oxygen atoms in total. The van der Waals surface area contributed by atoms with E-state index >= 15 is 0 Å². The highest BCUT2D eigenvalue weighted by Crippen LogP contribution is 2.36. The van der Waals surface area contributed by atoms with Crippen molar-refractivity contribution in [1.29, 1.82) is 0 Å². The molecule has 0 radical (unpaired) electrons. The van der Waals surface area contributed by atoms with Crippen LogP contribution in [-0.2, 0) is 10.9 Å². The molecule has 0 unspecified atom stereocenters. The van der Waals surface area contributed by atoms with Crippen LogP contribution in [0.1, 0.15) is 32.1 Å². The number of nitrogens with one attached hydrogen (secondary N) is 2. The number of aliphatic hydroxyl groups excluding tert-OH is 2. The molecule has 218 valence electrons. The maximum Gasteiger partial charge on any atom is 0.417 e. The number of hydrogen-bond donors (Lipinski definition) is 5. The molecule has 15 heteroatoms. The van der Waals surface area contributed by atoms with Crippen LogP contribution in [0.5, 0.6) is 0 Å². The number of anilines is 2. The predicted octanol–water partition coefficient (Wildman–Crippen LogP) is 3.23. The molecule has 3 heterocycles. The highest BCUT2D eigenvalue weighted by molar-refractivity contribution is 6.31. The Balaban J connectivity index is 1.30. The minimum Gasteiger partial charge on any atom is -0.397 e. The standard InChI is InChI=1S/C25H31ClF3N7O4/c1-13(2)35(9-3-7-32-24(39)34-14-4-5-16(26)15(10-14)25(27,28)29)11-18-20(37)21(38)23(40-18)36-12-33-19-17(30)6-8-31-22(19)36/h4-6,8,10,12-13,18,20-21,23,37-38H,3,7,9,11H2,1-2H3,(H2,30,31)(H2,32,34,39)/t18-,20-,21-,23-/m1/s1. The highest BCUT2D eigenvalue weighted by Gasteiger charge is 2.45. The molecule has 1 saturated heterocycles. The van der Waals surface area contributed by atoms with Crippen molar-refractivity contribution in [1.82, 2.24) is 24.8 Å². The molecule has 4 atom stereocenters. The zero-order chi connectivity index (χ0) is 29.2. The Labute approximate surface area is 233 Å². The van der Waals surface area contributed by atoms with Crippen LogP contribution in [0.2, 0.25) is 5.02 Å². The van der Waals surface area contributed by atoms with Crippen LogP contribution >= 0.6 is 11.6 Å². The Bertz CT molecular complexity index is 1340. The monoisotopic (exact) mass is 585 g/mol. The molecular weight excluding hydrogens is 555 g/mol. The molecule has 6 N–H and O–H groups in total. The van der Waals surface area contributed by atoms with Gasteiger partial charge in [0.1, 0.15) is 23.8 Å². The number of ether oxygens (including phenoxy) is 1. The molecule has 4 rings (SSSR count). The Morgan fingerprint density at radius 2 is 2.00 bits per heavy atom. The Kier molecular flexibility index (Phi) is 9.05. The van der Waals surface area contributed by atoms with Crippen molar-refractivity contribution >= 4 is 40.2 Å². The van der Waals surface area contributed by atoms with Gasteiger partial charge in [-0.15, -0.1) is 0 Å². The van der Waals surface area contributed by atoms with Gasteiger partial charge in [-0.3, -0.25) is 9.47 Å². The third-order valence-electron chi connectivity index (χ3n) is 6.69. The second kappa shape index (κ2) is 12.1. The van der Waals surface area contributed by atoms with Gasteiger partial charge >= 0.3 is 12.2 Å². The molecule has 40 heavy (non-hydrogen) atoms. The fourth-order valence-electron chi connectivity index (χ4n) is 4.52. The lowest BCUT2D eigenvalue weighted by Crippen LogP contribution is -2.44. The number of hydrogen-bond acceptors (Lipinski definition) is 8. The summed E-state index contributed by atoms with van der Waals surface area (Å²) in [5, 5.41) is 26.0. The van der Waals surface area contributed by atoms with Crippen LogP contribution in [0.15, 0.2) is 36.8 Å². The molecule has 1 aliphatic heterocycles. The first-order valence-electron chi connectivity index (χ1n) is 12.6. The number of alkyl halides is 3. The maximum absolute atomic E-state index is 13.0. The van der Waals surface area contributed by atoms with Gasteiger partial charge in [0, 0.05) is 37.6 Å². The van der Waals surface area contributed by atoms with Crippen LogP contribution < -0.4 is 16.4 Å². The van der Waals surface area contributed by atoms with Crippen molar-refractivity contribution in [3.63, 3.8) is 0 Å². The molecule has 0 bridgehead atoms. The average molecular weight is 586 g/mol. The van der Waals surface area contributed by atoms with E-state index in [2.05, 4.69) is 20.6 Å². The minimum absolute atomic E-state index is 0.0397. The molecule has 0 spiro atoms. The van der Waals surface area contributed by atoms with Crippen LogP contribution in [0, 0.1) is 0 Å². The fourth-order valence-corrected chi connectivity index (χ4v) is 4.74. The lowest BCUT2D eigenvalue weighted by Gasteiger charge is -2.30. The van der Waals surface area contributed by atoms with Gasteiger partial charge in [0.05, 0.1) is 22.6 Å². The van der Waals surface area contributed by atoms with Crippen molar-refractivity contribution < 1.29 is 32.9 Å². The summed E-state index contributed by atoms with van der Waals surface area (Å²) in [5.41, 5.74) is 6.19. The maximum atomic E-state index is 13.0. The van der Waals surface area contributed by atoms with Gasteiger partial charge in [0.25, 0.3) is 0 Å². The van der Waals surface area contributed by atoms with Crippen molar-refractivity contribution in [2.75, 3.05) is 30.7 Å². The Morgan fingerprint density at radius 3 is 2.70 bits per heavy atom. The minimum atomic E-state index is -4.64. The normalized spacial score (nSPS) is 21.4. The van der Waals surface area contributed by atoms with E-state index in [4.69, 9.17) is 22.1 Å². The summed E-state index contributed by atoms with van der Waals surface area (Å²) in [6, 6.07) is 4.13. The van der Waals surface area contributed by atoms with Crippen LogP contribution in [0.3, 0.4) is 0 Å². The van der Waals surface area contributed by atoms with Gasteiger partial charge in [-0.25, -0.2) is 14.8 Å². The van der Waals surface area contributed by atoms with Crippen LogP contribution in [-0.4, -0.2) is 79.7 Å². The number of pyridine rings is 1. The van der Waals surface area contributed by atoms with Gasteiger partial charge < -0.3 is 31.3 Å². The summed E-state index contributed by atoms with van der Waals surface area (Å²) in [5.74, 6) is 0. The van der Waals surface area contributed by atoms with Gasteiger partial charge in [0.2, 0.25) is 0 Å². The quantitative estimate of drug-likeness (QED) is 0.240. The number of aromatic nitrogens is 3. The fraction of sp³-hybridized carbons (Fsp3) is 0.480. The lowest BCUT2D eigenvalue weighted by molar-refractivity contribution is -0.137. The molecule has 3 aromatic rings. The number of urea groups is 1. The Morgan fingerprint density at radius 1 is 1.25 bits per heavy atom. The number of rotatable bonds is 9. The molecule has 1 aromatic carbocycles. The van der Waals surface area contributed by atoms with Crippen molar-refractivity contribution in [3.8, 4) is 0 Å². The zero-order valence-corrected chi connectivity index (χ0v) is 22.5. The number of carbonyl (C=O) groups excluding carboxylic acids is 1. The number of nitrogens with zero attached hydrogens (tertiary/aromatic N) is 4. The van der Waals surface area contributed by atoms with E-state index < -0.39 is 47.3 Å². The van der Waals surface area contributed by atoms with Crippen molar-refractivity contribution in [2.45, 2.75) is 57.0 Å². The van der Waals surface area contributed by atoms with E-state index in [1.54, 1.807) is 10.6 Å². The summed E-state index contributed by atoms with van der Waals surface area (Å²) in [6.45, 7) is 4.97. The molecule has 2 amide bonds. The van der Waals surface area contributed by atoms with Gasteiger partial charge in [0.15, 0.2) is 11.9 Å². The van der Waals surface area contributed by atoms with Gasteiger partial charge in [-0.1, -0.05) is 11.6 Å². The van der Waals surface area contributed by atoms with E-state index in [1.165, 1.54) is 18.6 Å². The lowest BCUT2D eigenvalue weighted by atomic mass is 10.1. The Hall–Kier alpha value is -3.17. The molecule has 2 aromatic heterocycles. The van der Waals surface area contributed by atoms with Crippen molar-refractivity contribution in [3.05, 3.63) is 47.4 Å². The third-order valence-corrected chi connectivity index (χ3v) is 7.01. The number of imidazole rings is 1. The summed E-state index contributed by atoms with van der Waals surface area (Å²) in [4.78, 5) is 22.7. The van der Waals surface area contributed by atoms with E-state index in [1.807, 2.05) is 18.7 Å². The number of benzene rings is 1. The summed E-state index contributed by atoms with van der Waals surface area (Å²) >= 11 is 5.61. The van der Waals surface area contributed by atoms with Crippen LogP contribution in [0.25, 0.3) is 11.2 Å². The molecule has 1 aliphatic rings. The molecule has 0 aliphatic carbocycles. The summed E-state index contributed by atoms with van der Waals surface area (Å²) < 4.78 is 46.7. The zero-order valence-electron chi connectivity index (χ0n) is 21.8. The number of aliphatic hydroxyl groups is 2. The average Bonchev–Trinajstić information content (AvgIpc) is 3.43. The molecular formula is C25H31ClF3N7O4. The second-order valence-corrected chi connectivity index (χ2v) is 10.2. The summed E-state index contributed by atoms with van der Waals surface area (Å²) in [6.07, 6.45) is -5.18. The van der Waals surface area contributed by atoms with E-state index in [0.29, 0.717) is 36.4 Å². The summed E-state index contributed by atoms with van der Waals surface area (Å²) in [7, 11) is 0. The SMILES string of the molecule is CC(C)N(CCCNC(=O)Nc1ccc(Cl)c(C(F)(F)F)c1)C[C@H]1O[C@@H](n2cnc3c(N)ccnc32)[C@H](O)[C@@H]1O. The predicted molar refractivity (Wildman–Crippen MR) is 143 cm³/mol. The van der Waals surface area contributed by atoms with E-state index in [-0.39, 0.29) is 18.3 Å². The number of amides is 2. The molecule has 1 fully saturated rings. The van der Waals surface area contributed by atoms with Gasteiger partial charge in [-0.2, -0.15) is 13.2 Å². The van der Waals surface area contributed by atoms with Gasteiger partial charge in [-0.05, 0) is 44.5 Å². The first kappa shape index (κ1) is 29.8. The van der Waals surface area contributed by atoms with Crippen molar-refractivity contribution in [2.24, 2.45) is 0 Å². The highest BCUT2D eigenvalue weighted by atomic mass is 35.5. The number of halogens is 4. The number of nitrogens with two attached hydrogens (primary N) is 1.